The molecule has 0 aliphatic heterocycles. The van der Waals surface area contributed by atoms with Crippen molar-refractivity contribution in [3.63, 3.8) is 0 Å². The molecule has 0 saturated heterocycles. The quantitative estimate of drug-likeness (QED) is 0.220. The second-order valence-electron chi connectivity index (χ2n) is 10.4. The Hall–Kier alpha value is -3.28. The third-order valence-electron chi connectivity index (χ3n) is 7.07. The van der Waals surface area contributed by atoms with Gasteiger partial charge in [0.1, 0.15) is 12.6 Å². The summed E-state index contributed by atoms with van der Waals surface area (Å²) >= 11 is 12.3. The zero-order chi connectivity index (χ0) is 32.8. The molecule has 44 heavy (non-hydrogen) atoms. The smallest absolute Gasteiger partial charge is 0.352 e. The van der Waals surface area contributed by atoms with Crippen molar-refractivity contribution in [2.75, 3.05) is 10.8 Å². The molecule has 3 rings (SSSR count). The summed E-state index contributed by atoms with van der Waals surface area (Å²) in [6, 6.07) is 12.9. The third kappa shape index (κ3) is 8.67. The topological polar surface area (TPSA) is 86.8 Å². The van der Waals surface area contributed by atoms with E-state index in [0.29, 0.717) is 22.4 Å². The lowest BCUT2D eigenvalue weighted by Gasteiger charge is -2.34. The molecule has 0 aliphatic rings. The summed E-state index contributed by atoms with van der Waals surface area (Å²) < 4.78 is 69.4. The highest BCUT2D eigenvalue weighted by atomic mass is 35.5. The highest BCUT2D eigenvalue weighted by Crippen LogP contribution is 2.33. The minimum absolute atomic E-state index is 0.150. The molecule has 0 aromatic heterocycles. The van der Waals surface area contributed by atoms with Crippen molar-refractivity contribution in [2.24, 2.45) is 0 Å². The number of aryl methyl sites for hydroxylation is 1. The van der Waals surface area contributed by atoms with Gasteiger partial charge in [0.2, 0.25) is 11.8 Å². The Bertz CT molecular complexity index is 1580. The van der Waals surface area contributed by atoms with E-state index in [1.165, 1.54) is 35.2 Å². The van der Waals surface area contributed by atoms with Gasteiger partial charge in [0, 0.05) is 12.6 Å². The van der Waals surface area contributed by atoms with Crippen LogP contribution in [-0.4, -0.2) is 43.8 Å². The van der Waals surface area contributed by atoms with Crippen LogP contribution in [0.25, 0.3) is 0 Å². The third-order valence-corrected chi connectivity index (χ3v) is 9.60. The molecule has 0 saturated carbocycles. The Morgan fingerprint density at radius 3 is 2.16 bits per heavy atom. The van der Waals surface area contributed by atoms with Gasteiger partial charge in [-0.25, -0.2) is 8.42 Å². The molecule has 0 fully saturated rings. The van der Waals surface area contributed by atoms with Crippen LogP contribution in [0.15, 0.2) is 71.6 Å². The van der Waals surface area contributed by atoms with Crippen molar-refractivity contribution in [1.82, 2.24) is 10.2 Å². The second kappa shape index (κ2) is 14.7. The van der Waals surface area contributed by atoms with Crippen molar-refractivity contribution in [1.29, 1.82) is 0 Å². The van der Waals surface area contributed by atoms with E-state index in [-0.39, 0.29) is 39.6 Å². The van der Waals surface area contributed by atoms with Gasteiger partial charge in [-0.05, 0) is 74.7 Å². The van der Waals surface area contributed by atoms with E-state index in [1.54, 1.807) is 39.0 Å². The van der Waals surface area contributed by atoms with Gasteiger partial charge in [0.15, 0.2) is 0 Å². The standard InChI is InChI=1S/C31H34Cl2F3N3O4S/c1-5-21(4)37-30(41)28(6-2)38(18-22-12-15-26(32)27(33)16-22)29(40)19-39(24-9-7-8-23(17-24)31(34,35)36)44(42,43)25-13-10-20(3)11-14-25/h7-17,21,28H,5-6,18-19H2,1-4H3,(H,37,41)/t21-,28+/m0/s1. The van der Waals surface area contributed by atoms with Gasteiger partial charge >= 0.3 is 6.18 Å². The SMILES string of the molecule is CC[C@H](C(=O)N[C@@H](C)CC)N(Cc1ccc(Cl)c(Cl)c1)C(=O)CN(c1cccc(C(F)(F)F)c1)S(=O)(=O)c1ccc(C)cc1. The van der Waals surface area contributed by atoms with Crippen LogP contribution in [0.2, 0.25) is 10.0 Å². The first-order valence-corrected chi connectivity index (χ1v) is 16.1. The summed E-state index contributed by atoms with van der Waals surface area (Å²) in [6.07, 6.45) is -3.97. The van der Waals surface area contributed by atoms with Crippen LogP contribution < -0.4 is 9.62 Å². The molecule has 0 aliphatic carbocycles. The molecule has 2 amide bonds. The number of nitrogens with one attached hydrogen (secondary N) is 1. The molecule has 1 N–H and O–H groups in total. The maximum Gasteiger partial charge on any atom is 0.416 e. The molecule has 0 unspecified atom stereocenters. The van der Waals surface area contributed by atoms with E-state index in [0.717, 1.165) is 17.7 Å². The van der Waals surface area contributed by atoms with Crippen LogP contribution in [0.1, 0.15) is 50.3 Å². The first kappa shape index (κ1) is 35.2. The highest BCUT2D eigenvalue weighted by Gasteiger charge is 2.36. The lowest BCUT2D eigenvalue weighted by molar-refractivity contribution is -0.140. The lowest BCUT2D eigenvalue weighted by atomic mass is 10.1. The Balaban J connectivity index is 2.14. The van der Waals surface area contributed by atoms with Crippen molar-refractivity contribution < 1.29 is 31.2 Å². The largest absolute Gasteiger partial charge is 0.416 e. The van der Waals surface area contributed by atoms with Crippen molar-refractivity contribution in [3.8, 4) is 0 Å². The second-order valence-corrected chi connectivity index (χ2v) is 13.1. The number of rotatable bonds is 12. The summed E-state index contributed by atoms with van der Waals surface area (Å²) in [5.41, 5.74) is -0.176. The number of sulfonamides is 1. The van der Waals surface area contributed by atoms with E-state index >= 15 is 0 Å². The molecular formula is C31H34Cl2F3N3O4S. The van der Waals surface area contributed by atoms with Gasteiger partial charge in [0.05, 0.1) is 26.2 Å². The number of hydrogen-bond donors (Lipinski definition) is 1. The summed E-state index contributed by atoms with van der Waals surface area (Å²) in [5, 5.41) is 3.34. The number of hydrogen-bond acceptors (Lipinski definition) is 4. The van der Waals surface area contributed by atoms with Crippen LogP contribution in [0, 0.1) is 6.92 Å². The summed E-state index contributed by atoms with van der Waals surface area (Å²) in [5.74, 6) is -1.27. The lowest BCUT2D eigenvalue weighted by Crippen LogP contribution is -2.53. The molecule has 238 valence electrons. The molecule has 0 radical (unpaired) electrons. The van der Waals surface area contributed by atoms with Gasteiger partial charge in [0.25, 0.3) is 10.0 Å². The molecular weight excluding hydrogens is 638 g/mol. The average Bonchev–Trinajstić information content (AvgIpc) is 2.97. The number of benzene rings is 3. The van der Waals surface area contributed by atoms with Crippen LogP contribution in [0.3, 0.4) is 0 Å². The highest BCUT2D eigenvalue weighted by molar-refractivity contribution is 7.92. The minimum atomic E-state index is -4.76. The van der Waals surface area contributed by atoms with Gasteiger partial charge < -0.3 is 10.2 Å². The fraction of sp³-hybridized carbons (Fsp3) is 0.355. The maximum absolute atomic E-state index is 14.1. The number of carbonyl (C=O) groups is 2. The first-order valence-electron chi connectivity index (χ1n) is 13.9. The predicted octanol–water partition coefficient (Wildman–Crippen LogP) is 7.24. The van der Waals surface area contributed by atoms with Crippen LogP contribution in [-0.2, 0) is 32.3 Å². The predicted molar refractivity (Wildman–Crippen MR) is 166 cm³/mol. The van der Waals surface area contributed by atoms with Crippen molar-refractivity contribution in [2.45, 2.75) is 70.2 Å². The van der Waals surface area contributed by atoms with Crippen LogP contribution in [0.5, 0.6) is 0 Å². The molecule has 3 aromatic rings. The Labute approximate surface area is 266 Å². The molecule has 3 aromatic carbocycles. The van der Waals surface area contributed by atoms with Crippen LogP contribution in [0.4, 0.5) is 18.9 Å². The monoisotopic (exact) mass is 671 g/mol. The number of amides is 2. The maximum atomic E-state index is 14.1. The first-order chi connectivity index (χ1) is 20.6. The Morgan fingerprint density at radius 2 is 1.59 bits per heavy atom. The Kier molecular flexibility index (Phi) is 11.7. The van der Waals surface area contributed by atoms with E-state index in [9.17, 15) is 31.2 Å². The number of alkyl halides is 3. The number of nitrogens with zero attached hydrogens (tertiary/aromatic N) is 2. The fourth-order valence-corrected chi connectivity index (χ4v) is 6.13. The zero-order valence-corrected chi connectivity index (χ0v) is 27.0. The van der Waals surface area contributed by atoms with E-state index in [4.69, 9.17) is 23.2 Å². The number of anilines is 1. The van der Waals surface area contributed by atoms with Gasteiger partial charge in [-0.15, -0.1) is 0 Å². The normalized spacial score (nSPS) is 13.2. The summed E-state index contributed by atoms with van der Waals surface area (Å²) in [4.78, 5) is 28.5. The summed E-state index contributed by atoms with van der Waals surface area (Å²) in [7, 11) is -4.54. The van der Waals surface area contributed by atoms with Gasteiger partial charge in [-0.2, -0.15) is 13.2 Å². The van der Waals surface area contributed by atoms with Crippen molar-refractivity contribution in [3.05, 3.63) is 93.5 Å². The molecule has 0 heterocycles. The number of carbonyl (C=O) groups excluding carboxylic acids is 2. The van der Waals surface area contributed by atoms with Gasteiger partial charge in [-0.1, -0.05) is 66.9 Å². The van der Waals surface area contributed by atoms with E-state index in [1.807, 2.05) is 6.92 Å². The summed E-state index contributed by atoms with van der Waals surface area (Å²) in [6.45, 7) is 6.10. The molecule has 13 heteroatoms. The fourth-order valence-electron chi connectivity index (χ4n) is 4.40. The molecule has 0 spiro atoms. The number of halogens is 5. The van der Waals surface area contributed by atoms with Crippen molar-refractivity contribution >= 4 is 50.7 Å². The minimum Gasteiger partial charge on any atom is -0.352 e. The molecule has 7 nitrogen and oxygen atoms in total. The van der Waals surface area contributed by atoms with Gasteiger partial charge in [-0.3, -0.25) is 13.9 Å². The van der Waals surface area contributed by atoms with E-state index in [2.05, 4.69) is 5.32 Å². The van der Waals surface area contributed by atoms with Crippen LogP contribution >= 0.6 is 23.2 Å². The zero-order valence-electron chi connectivity index (χ0n) is 24.7. The average molecular weight is 673 g/mol. The van der Waals surface area contributed by atoms with E-state index < -0.39 is 46.2 Å². The molecule has 2 atom stereocenters. The molecule has 0 bridgehead atoms. The Morgan fingerprint density at radius 1 is 0.932 bits per heavy atom.